The van der Waals surface area contributed by atoms with Gasteiger partial charge in [-0.25, -0.2) is 4.79 Å². The Balaban J connectivity index is 1.48. The fourth-order valence-corrected chi connectivity index (χ4v) is 5.06. The molecule has 1 aromatic heterocycles. The van der Waals surface area contributed by atoms with Gasteiger partial charge in [0, 0.05) is 26.9 Å². The van der Waals surface area contributed by atoms with Gasteiger partial charge in [-0.3, -0.25) is 0 Å². The monoisotopic (exact) mass is 513 g/mol. The summed E-state index contributed by atoms with van der Waals surface area (Å²) in [5.74, 6) is 0.656. The number of nitrogens with one attached hydrogen (secondary N) is 1. The van der Waals surface area contributed by atoms with E-state index in [0.29, 0.717) is 33.0 Å². The topological polar surface area (TPSA) is 91.2 Å². The van der Waals surface area contributed by atoms with Crippen molar-refractivity contribution in [3.63, 3.8) is 0 Å². The van der Waals surface area contributed by atoms with E-state index in [1.807, 2.05) is 37.3 Å². The van der Waals surface area contributed by atoms with Crippen molar-refractivity contribution in [1.82, 2.24) is 20.2 Å². The molecule has 2 aromatic carbocycles. The largest absolute Gasteiger partial charge is 0.488 e. The van der Waals surface area contributed by atoms with Crippen molar-refractivity contribution in [3.05, 3.63) is 74.9 Å². The zero-order chi connectivity index (χ0) is 24.4. The molecule has 1 unspecified atom stereocenters. The van der Waals surface area contributed by atoms with Crippen LogP contribution in [0.3, 0.4) is 0 Å². The molecule has 0 bridgehead atoms. The summed E-state index contributed by atoms with van der Waals surface area (Å²) >= 11 is 12.4. The highest BCUT2D eigenvalue weighted by Crippen LogP contribution is 2.40. The van der Waals surface area contributed by atoms with Crippen molar-refractivity contribution in [1.29, 1.82) is 0 Å². The van der Waals surface area contributed by atoms with Crippen LogP contribution < -0.4 is 10.1 Å². The highest BCUT2D eigenvalue weighted by molar-refractivity contribution is 6.35. The van der Waals surface area contributed by atoms with Gasteiger partial charge in [0.1, 0.15) is 24.5 Å². The summed E-state index contributed by atoms with van der Waals surface area (Å²) in [5.41, 5.74) is 2.63. The fraction of sp³-hybridized carbons (Fsp3) is 0.360. The number of aromatic nitrogens is 4. The Morgan fingerprint density at radius 1 is 1.14 bits per heavy atom. The first-order chi connectivity index (χ1) is 17.0. The molecule has 182 valence electrons. The van der Waals surface area contributed by atoms with Gasteiger partial charge in [0.05, 0.1) is 5.57 Å². The molecule has 1 aliphatic heterocycles. The number of ether oxygens (including phenoxy) is 2. The van der Waals surface area contributed by atoms with Gasteiger partial charge < -0.3 is 14.8 Å². The number of hydrogen-bond acceptors (Lipinski definition) is 7. The Labute approximate surface area is 213 Å². The summed E-state index contributed by atoms with van der Waals surface area (Å²) in [6.45, 7) is 2.06. The first kappa shape index (κ1) is 23.6. The molecular weight excluding hydrogens is 489 g/mol. The predicted octanol–water partition coefficient (Wildman–Crippen LogP) is 5.72. The molecule has 5 rings (SSSR count). The lowest BCUT2D eigenvalue weighted by molar-refractivity contribution is -0.146. The maximum Gasteiger partial charge on any atom is 0.338 e. The van der Waals surface area contributed by atoms with E-state index in [1.54, 1.807) is 16.8 Å². The highest BCUT2D eigenvalue weighted by atomic mass is 35.5. The van der Waals surface area contributed by atoms with Crippen LogP contribution in [0.1, 0.15) is 56.2 Å². The molecular formula is C25H25Cl2N5O3. The van der Waals surface area contributed by atoms with Crippen molar-refractivity contribution in [2.45, 2.75) is 57.8 Å². The van der Waals surface area contributed by atoms with Crippen LogP contribution in [0.2, 0.25) is 10.0 Å². The number of allylic oxidation sites excluding steroid dienone is 1. The molecule has 35 heavy (non-hydrogen) atoms. The normalized spacial score (nSPS) is 18.1. The number of rotatable bonds is 6. The molecule has 0 radical (unpaired) electrons. The Kier molecular flexibility index (Phi) is 6.92. The first-order valence-electron chi connectivity index (χ1n) is 11.6. The summed E-state index contributed by atoms with van der Waals surface area (Å²) in [6.07, 6.45) is 5.00. The lowest BCUT2D eigenvalue weighted by Crippen LogP contribution is -2.32. The quantitative estimate of drug-likeness (QED) is 0.421. The first-order valence-corrected chi connectivity index (χ1v) is 12.4. The third-order valence-electron chi connectivity index (χ3n) is 6.37. The summed E-state index contributed by atoms with van der Waals surface area (Å²) in [4.78, 5) is 13.5. The molecule has 0 amide bonds. The van der Waals surface area contributed by atoms with Crippen LogP contribution in [-0.2, 0) is 16.1 Å². The summed E-state index contributed by atoms with van der Waals surface area (Å²) in [6, 6.07) is 12.2. The van der Waals surface area contributed by atoms with Crippen molar-refractivity contribution in [3.8, 4) is 5.75 Å². The van der Waals surface area contributed by atoms with Crippen LogP contribution in [0.5, 0.6) is 5.75 Å². The number of carbonyl (C=O) groups is 1. The van der Waals surface area contributed by atoms with E-state index in [-0.39, 0.29) is 18.7 Å². The summed E-state index contributed by atoms with van der Waals surface area (Å²) < 4.78 is 13.7. The van der Waals surface area contributed by atoms with Crippen LogP contribution in [-0.4, -0.2) is 32.3 Å². The third kappa shape index (κ3) is 4.99. The van der Waals surface area contributed by atoms with Gasteiger partial charge in [0.25, 0.3) is 0 Å². The molecule has 2 aliphatic rings. The number of hydrogen-bond donors (Lipinski definition) is 1. The van der Waals surface area contributed by atoms with Crippen LogP contribution >= 0.6 is 23.2 Å². The second-order valence-electron chi connectivity index (χ2n) is 8.74. The number of benzene rings is 2. The number of esters is 1. The molecule has 3 aromatic rings. The Morgan fingerprint density at radius 2 is 1.94 bits per heavy atom. The number of halogens is 2. The molecule has 1 N–H and O–H groups in total. The molecule has 1 aliphatic carbocycles. The Hall–Kier alpha value is -3.10. The highest BCUT2D eigenvalue weighted by Gasteiger charge is 2.37. The van der Waals surface area contributed by atoms with E-state index in [9.17, 15) is 4.79 Å². The molecule has 0 spiro atoms. The smallest absolute Gasteiger partial charge is 0.338 e. The lowest BCUT2D eigenvalue weighted by atomic mass is 9.94. The van der Waals surface area contributed by atoms with Crippen molar-refractivity contribution >= 4 is 35.1 Å². The van der Waals surface area contributed by atoms with Gasteiger partial charge in [-0.2, -0.15) is 4.68 Å². The minimum absolute atomic E-state index is 0.0778. The number of fused-ring (bicyclic) bond motifs is 1. The summed E-state index contributed by atoms with van der Waals surface area (Å²) in [5, 5.41) is 16.3. The van der Waals surface area contributed by atoms with E-state index < -0.39 is 6.04 Å². The van der Waals surface area contributed by atoms with Crippen LogP contribution in [0, 0.1) is 0 Å². The van der Waals surface area contributed by atoms with Crippen LogP contribution in [0.25, 0.3) is 0 Å². The fourth-order valence-electron chi connectivity index (χ4n) is 4.59. The molecule has 1 fully saturated rings. The standard InChI is InChI=1S/C25H25Cl2N5O3/c1-15-22(24(33)35-18-7-3-2-4-8-18)23(32-25(28-15)29-30-31-32)19-9-5-6-10-21(19)34-14-16-11-12-17(26)13-20(16)27/h5-6,9-13,18,23H,2-4,7-8,14H2,1H3,(H,28,29,31). The summed E-state index contributed by atoms with van der Waals surface area (Å²) in [7, 11) is 0. The van der Waals surface area contributed by atoms with E-state index in [4.69, 9.17) is 32.7 Å². The molecule has 10 heteroatoms. The van der Waals surface area contributed by atoms with E-state index >= 15 is 0 Å². The van der Waals surface area contributed by atoms with E-state index in [0.717, 1.165) is 36.8 Å². The molecule has 2 heterocycles. The SMILES string of the molecule is CC1=C(C(=O)OC2CCCCC2)C(c2ccccc2OCc2ccc(Cl)cc2Cl)n2nnnc2N1. The average molecular weight is 514 g/mol. The van der Waals surface area contributed by atoms with Gasteiger partial charge in [-0.1, -0.05) is 59.0 Å². The maximum atomic E-state index is 13.5. The minimum atomic E-state index is -0.616. The molecule has 1 saturated carbocycles. The predicted molar refractivity (Wildman–Crippen MR) is 132 cm³/mol. The van der Waals surface area contributed by atoms with Gasteiger partial charge in [0.15, 0.2) is 0 Å². The van der Waals surface area contributed by atoms with Gasteiger partial charge in [-0.15, -0.1) is 0 Å². The number of nitrogens with zero attached hydrogens (tertiary/aromatic N) is 4. The Bertz CT molecular complexity index is 1270. The Morgan fingerprint density at radius 3 is 2.74 bits per heavy atom. The zero-order valence-electron chi connectivity index (χ0n) is 19.2. The maximum absolute atomic E-state index is 13.5. The van der Waals surface area contributed by atoms with Crippen molar-refractivity contribution in [2.75, 3.05) is 5.32 Å². The van der Waals surface area contributed by atoms with Gasteiger partial charge >= 0.3 is 5.97 Å². The lowest BCUT2D eigenvalue weighted by Gasteiger charge is -2.30. The molecule has 8 nitrogen and oxygen atoms in total. The molecule has 0 saturated heterocycles. The number of anilines is 1. The van der Waals surface area contributed by atoms with E-state index in [1.165, 1.54) is 6.42 Å². The van der Waals surface area contributed by atoms with Crippen LogP contribution in [0.15, 0.2) is 53.7 Å². The van der Waals surface area contributed by atoms with E-state index in [2.05, 4.69) is 20.8 Å². The second kappa shape index (κ2) is 10.3. The number of carbonyl (C=O) groups excluding carboxylic acids is 1. The van der Waals surface area contributed by atoms with Crippen molar-refractivity contribution < 1.29 is 14.3 Å². The second-order valence-corrected chi connectivity index (χ2v) is 9.58. The number of tetrazole rings is 1. The average Bonchev–Trinajstić information content (AvgIpc) is 3.31. The van der Waals surface area contributed by atoms with Crippen LogP contribution in [0.4, 0.5) is 5.95 Å². The third-order valence-corrected chi connectivity index (χ3v) is 6.96. The zero-order valence-corrected chi connectivity index (χ0v) is 20.7. The minimum Gasteiger partial charge on any atom is -0.488 e. The van der Waals surface area contributed by atoms with Crippen molar-refractivity contribution in [2.24, 2.45) is 0 Å². The number of para-hydroxylation sites is 1. The van der Waals surface area contributed by atoms with Gasteiger partial charge in [0.2, 0.25) is 5.95 Å². The van der Waals surface area contributed by atoms with Gasteiger partial charge in [-0.05, 0) is 61.2 Å². The molecule has 1 atom stereocenters.